The number of aryl methyl sites for hydroxylation is 2. The third-order valence-corrected chi connectivity index (χ3v) is 9.41. The average molecular weight is 584 g/mol. The van der Waals surface area contributed by atoms with E-state index in [2.05, 4.69) is 45.8 Å². The molecule has 0 spiro atoms. The predicted molar refractivity (Wildman–Crippen MR) is 159 cm³/mol. The molecule has 2 N–H and O–H groups in total. The molecule has 1 aliphatic rings. The van der Waals surface area contributed by atoms with Crippen molar-refractivity contribution in [3.05, 3.63) is 82.4 Å². The number of sulfonamides is 1. The first-order valence-corrected chi connectivity index (χ1v) is 15.4. The van der Waals surface area contributed by atoms with Gasteiger partial charge in [0.1, 0.15) is 0 Å². The highest BCUT2D eigenvalue weighted by molar-refractivity contribution is 7.92. The zero-order valence-corrected chi connectivity index (χ0v) is 24.2. The molecule has 1 amide bonds. The minimum Gasteiger partial charge on any atom is -0.351 e. The molecule has 5 rings (SSSR count). The number of piperazine rings is 1. The van der Waals surface area contributed by atoms with Crippen LogP contribution in [0, 0.1) is 13.8 Å². The number of carbonyl (C=O) groups is 1. The van der Waals surface area contributed by atoms with Gasteiger partial charge in [-0.25, -0.2) is 13.4 Å². The summed E-state index contributed by atoms with van der Waals surface area (Å²) >= 11 is 7.59. The lowest BCUT2D eigenvalue weighted by Crippen LogP contribution is -2.48. The second-order valence-corrected chi connectivity index (χ2v) is 12.8. The van der Waals surface area contributed by atoms with Crippen LogP contribution in [0.1, 0.15) is 21.5 Å². The van der Waals surface area contributed by atoms with Crippen molar-refractivity contribution in [2.45, 2.75) is 18.7 Å². The van der Waals surface area contributed by atoms with E-state index < -0.39 is 10.0 Å². The van der Waals surface area contributed by atoms with Crippen LogP contribution in [0.15, 0.2) is 65.6 Å². The largest absolute Gasteiger partial charge is 0.351 e. The fourth-order valence-corrected chi connectivity index (χ4v) is 6.98. The van der Waals surface area contributed by atoms with Gasteiger partial charge in [0.05, 0.1) is 15.1 Å². The molecule has 4 aromatic rings. The molecule has 0 bridgehead atoms. The summed E-state index contributed by atoms with van der Waals surface area (Å²) in [6, 6.07) is 16.7. The minimum absolute atomic E-state index is 0.111. The summed E-state index contributed by atoms with van der Waals surface area (Å²) in [5, 5.41) is 4.50. The number of amides is 1. The number of thiazole rings is 1. The average Bonchev–Trinajstić information content (AvgIpc) is 3.34. The van der Waals surface area contributed by atoms with Gasteiger partial charge in [-0.15, -0.1) is 0 Å². The molecular weight excluding hydrogens is 554 g/mol. The number of benzene rings is 3. The number of hydrogen-bond acceptors (Lipinski definition) is 7. The van der Waals surface area contributed by atoms with Gasteiger partial charge in [-0.05, 0) is 79.6 Å². The molecule has 8 nitrogen and oxygen atoms in total. The summed E-state index contributed by atoms with van der Waals surface area (Å²) in [5.41, 5.74) is 4.42. The van der Waals surface area contributed by atoms with Crippen molar-refractivity contribution in [2.75, 3.05) is 48.9 Å². The molecule has 0 saturated carbocycles. The molecule has 0 atom stereocenters. The SMILES string of the molecule is Cc1cc(C)c2nc(N3CCN(CCNC(=O)c4ccc(NS(=O)(=O)c5ccc(Cl)cc5)cc4)CC3)sc2c1. The molecule has 39 heavy (non-hydrogen) atoms. The van der Waals surface area contributed by atoms with Crippen LogP contribution in [0.2, 0.25) is 5.02 Å². The molecule has 1 aliphatic heterocycles. The Kier molecular flexibility index (Phi) is 8.08. The van der Waals surface area contributed by atoms with Gasteiger partial charge >= 0.3 is 0 Å². The summed E-state index contributed by atoms with van der Waals surface area (Å²) in [5.74, 6) is -0.194. The summed E-state index contributed by atoms with van der Waals surface area (Å²) in [6.45, 7) is 9.15. The van der Waals surface area contributed by atoms with Crippen LogP contribution in [-0.2, 0) is 10.0 Å². The van der Waals surface area contributed by atoms with E-state index in [-0.39, 0.29) is 10.8 Å². The van der Waals surface area contributed by atoms with Crippen molar-refractivity contribution in [3.8, 4) is 0 Å². The lowest BCUT2D eigenvalue weighted by Gasteiger charge is -2.34. The van der Waals surface area contributed by atoms with E-state index in [4.69, 9.17) is 16.6 Å². The lowest BCUT2D eigenvalue weighted by atomic mass is 10.1. The molecule has 0 unspecified atom stereocenters. The molecule has 1 aromatic heterocycles. The van der Waals surface area contributed by atoms with Crippen LogP contribution >= 0.6 is 22.9 Å². The Labute approximate surface area is 237 Å². The number of nitrogens with zero attached hydrogens (tertiary/aromatic N) is 3. The number of nitrogens with one attached hydrogen (secondary N) is 2. The van der Waals surface area contributed by atoms with E-state index in [0.717, 1.165) is 43.4 Å². The molecular formula is C28H30ClN5O3S2. The summed E-state index contributed by atoms with van der Waals surface area (Å²) in [6.07, 6.45) is 0. The second-order valence-electron chi connectivity index (χ2n) is 9.65. The molecule has 0 radical (unpaired) electrons. The number of halogens is 1. The summed E-state index contributed by atoms with van der Waals surface area (Å²) in [7, 11) is -3.74. The highest BCUT2D eigenvalue weighted by Crippen LogP contribution is 2.32. The van der Waals surface area contributed by atoms with Gasteiger partial charge in [0, 0.05) is 55.5 Å². The summed E-state index contributed by atoms with van der Waals surface area (Å²) < 4.78 is 28.8. The van der Waals surface area contributed by atoms with Gasteiger partial charge in [0.25, 0.3) is 15.9 Å². The monoisotopic (exact) mass is 583 g/mol. The third-order valence-electron chi connectivity index (χ3n) is 6.70. The predicted octanol–water partition coefficient (Wildman–Crippen LogP) is 4.92. The van der Waals surface area contributed by atoms with Crippen molar-refractivity contribution < 1.29 is 13.2 Å². The van der Waals surface area contributed by atoms with Crippen LogP contribution in [0.5, 0.6) is 0 Å². The molecule has 0 aliphatic carbocycles. The topological polar surface area (TPSA) is 94.6 Å². The maximum atomic E-state index is 12.6. The van der Waals surface area contributed by atoms with Gasteiger partial charge in [-0.1, -0.05) is 29.0 Å². The Morgan fingerprint density at radius 1 is 1.00 bits per heavy atom. The Morgan fingerprint density at radius 2 is 1.69 bits per heavy atom. The number of rotatable bonds is 8. The molecule has 11 heteroatoms. The van der Waals surface area contributed by atoms with Crippen molar-refractivity contribution in [1.82, 2.24) is 15.2 Å². The van der Waals surface area contributed by atoms with Crippen LogP contribution < -0.4 is 14.9 Å². The van der Waals surface area contributed by atoms with Crippen LogP contribution in [0.25, 0.3) is 10.2 Å². The first kappa shape index (κ1) is 27.4. The van der Waals surface area contributed by atoms with E-state index >= 15 is 0 Å². The minimum atomic E-state index is -3.74. The number of carbonyl (C=O) groups excluding carboxylic acids is 1. The molecule has 1 fully saturated rings. The molecule has 2 heterocycles. The third kappa shape index (κ3) is 6.52. The number of aromatic nitrogens is 1. The Hall–Kier alpha value is -3.18. The standard InChI is InChI=1S/C28H30ClN5O3S2/c1-19-17-20(2)26-25(18-19)38-28(31-26)34-15-13-33(14-16-34)12-11-30-27(35)21-3-7-23(8-4-21)32-39(36,37)24-9-5-22(29)6-10-24/h3-10,17-18,32H,11-16H2,1-2H3,(H,30,35). The zero-order valence-electron chi connectivity index (χ0n) is 21.8. The van der Waals surface area contributed by atoms with E-state index in [9.17, 15) is 13.2 Å². The number of anilines is 2. The fraction of sp³-hybridized carbons (Fsp3) is 0.286. The van der Waals surface area contributed by atoms with Gasteiger partial charge < -0.3 is 10.2 Å². The van der Waals surface area contributed by atoms with Crippen LogP contribution in [0.4, 0.5) is 10.8 Å². The van der Waals surface area contributed by atoms with E-state index in [1.54, 1.807) is 35.6 Å². The molecule has 204 valence electrons. The van der Waals surface area contributed by atoms with E-state index in [1.165, 1.54) is 40.1 Å². The quantitative estimate of drug-likeness (QED) is 0.306. The van der Waals surface area contributed by atoms with Crippen LogP contribution in [0.3, 0.4) is 0 Å². The lowest BCUT2D eigenvalue weighted by molar-refractivity contribution is 0.0948. The van der Waals surface area contributed by atoms with Gasteiger partial charge in [-0.3, -0.25) is 14.4 Å². The highest BCUT2D eigenvalue weighted by atomic mass is 35.5. The Morgan fingerprint density at radius 3 is 2.38 bits per heavy atom. The number of hydrogen-bond donors (Lipinski definition) is 2. The van der Waals surface area contributed by atoms with Crippen molar-refractivity contribution in [3.63, 3.8) is 0 Å². The van der Waals surface area contributed by atoms with Crippen molar-refractivity contribution in [1.29, 1.82) is 0 Å². The zero-order chi connectivity index (χ0) is 27.6. The molecule has 3 aromatic carbocycles. The summed E-state index contributed by atoms with van der Waals surface area (Å²) in [4.78, 5) is 22.3. The van der Waals surface area contributed by atoms with Gasteiger partial charge in [0.2, 0.25) is 0 Å². The van der Waals surface area contributed by atoms with Crippen molar-refractivity contribution in [2.24, 2.45) is 0 Å². The smallest absolute Gasteiger partial charge is 0.261 e. The Balaban J connectivity index is 1.08. The first-order chi connectivity index (χ1) is 18.7. The van der Waals surface area contributed by atoms with Crippen molar-refractivity contribution >= 4 is 59.9 Å². The van der Waals surface area contributed by atoms with Gasteiger partial charge in [-0.2, -0.15) is 0 Å². The maximum Gasteiger partial charge on any atom is 0.261 e. The fourth-order valence-electron chi connectivity index (χ4n) is 4.60. The van der Waals surface area contributed by atoms with E-state index in [0.29, 0.717) is 22.8 Å². The van der Waals surface area contributed by atoms with Gasteiger partial charge in [0.15, 0.2) is 5.13 Å². The van der Waals surface area contributed by atoms with E-state index in [1.807, 2.05) is 0 Å². The molecule has 1 saturated heterocycles. The normalized spacial score (nSPS) is 14.5. The van der Waals surface area contributed by atoms with Crippen LogP contribution in [-0.4, -0.2) is 63.5 Å². The Bertz CT molecular complexity index is 1580. The maximum absolute atomic E-state index is 12.6. The number of fused-ring (bicyclic) bond motifs is 1. The first-order valence-electron chi connectivity index (χ1n) is 12.7. The second kappa shape index (κ2) is 11.5. The highest BCUT2D eigenvalue weighted by Gasteiger charge is 2.20.